The molecule has 1 aromatic rings. The predicted molar refractivity (Wildman–Crippen MR) is 58.9 cm³/mol. The van der Waals surface area contributed by atoms with Crippen LogP contribution in [0.1, 0.15) is 23.8 Å². The second kappa shape index (κ2) is 5.70. The third-order valence-electron chi connectivity index (χ3n) is 2.61. The Labute approximate surface area is 98.3 Å². The van der Waals surface area contributed by atoms with Crippen LogP contribution in [-0.4, -0.2) is 39.9 Å². The van der Waals surface area contributed by atoms with E-state index in [2.05, 4.69) is 10.3 Å². The van der Waals surface area contributed by atoms with E-state index in [-0.39, 0.29) is 5.69 Å². The molecule has 5 nitrogen and oxygen atoms in total. The summed E-state index contributed by atoms with van der Waals surface area (Å²) in [7, 11) is 0. The Bertz CT molecular complexity index is 386. The lowest BCUT2D eigenvalue weighted by atomic mass is 9.98. The highest BCUT2D eigenvalue weighted by molar-refractivity contribution is 5.92. The molecule has 0 atom stereocenters. The summed E-state index contributed by atoms with van der Waals surface area (Å²) >= 11 is 0. The van der Waals surface area contributed by atoms with Crippen molar-refractivity contribution in [1.29, 1.82) is 0 Å². The summed E-state index contributed by atoms with van der Waals surface area (Å²) in [5, 5.41) is 20.8. The van der Waals surface area contributed by atoms with Crippen molar-refractivity contribution in [3.05, 3.63) is 29.8 Å². The molecule has 0 aliphatic heterocycles. The van der Waals surface area contributed by atoms with Crippen LogP contribution >= 0.6 is 0 Å². The van der Waals surface area contributed by atoms with E-state index in [1.807, 2.05) is 0 Å². The summed E-state index contributed by atoms with van der Waals surface area (Å²) in [6.07, 6.45) is 0.348. The van der Waals surface area contributed by atoms with Crippen LogP contribution in [0.15, 0.2) is 18.2 Å². The van der Waals surface area contributed by atoms with Crippen LogP contribution in [0.3, 0.4) is 0 Å². The highest BCUT2D eigenvalue weighted by Crippen LogP contribution is 2.09. The van der Waals surface area contributed by atoms with Gasteiger partial charge in [0.1, 0.15) is 5.69 Å². The molecule has 0 saturated carbocycles. The number of hydrogen-bond donors (Lipinski definition) is 3. The number of nitrogens with zero attached hydrogens (tertiary/aromatic N) is 1. The molecule has 17 heavy (non-hydrogen) atoms. The number of halogens is 1. The molecule has 0 aliphatic carbocycles. The van der Waals surface area contributed by atoms with Gasteiger partial charge in [0.15, 0.2) is 0 Å². The van der Waals surface area contributed by atoms with E-state index in [1.54, 1.807) is 6.92 Å². The van der Waals surface area contributed by atoms with Crippen molar-refractivity contribution >= 4 is 5.91 Å². The Morgan fingerprint density at radius 1 is 1.47 bits per heavy atom. The maximum Gasteiger partial charge on any atom is 0.270 e. The van der Waals surface area contributed by atoms with Crippen LogP contribution < -0.4 is 5.32 Å². The van der Waals surface area contributed by atoms with Crippen LogP contribution in [0.4, 0.5) is 4.39 Å². The van der Waals surface area contributed by atoms with Crippen LogP contribution in [0, 0.1) is 5.95 Å². The standard InChI is InChI=1S/C11H15FN2O3/c1-2-11(6-15,7-16)14-10(17)8-4-3-5-9(12)13-8/h3-5,15-16H,2,6-7H2,1H3,(H,14,17). The third-order valence-corrected chi connectivity index (χ3v) is 2.61. The number of carbonyl (C=O) groups excluding carboxylic acids is 1. The molecule has 0 saturated heterocycles. The number of aromatic nitrogens is 1. The number of nitrogens with one attached hydrogen (secondary N) is 1. The molecule has 1 amide bonds. The Morgan fingerprint density at radius 2 is 2.12 bits per heavy atom. The van der Waals surface area contributed by atoms with E-state index < -0.39 is 30.6 Å². The molecule has 1 aromatic heterocycles. The van der Waals surface area contributed by atoms with Gasteiger partial charge in [0.05, 0.1) is 18.8 Å². The van der Waals surface area contributed by atoms with Crippen molar-refractivity contribution in [2.24, 2.45) is 0 Å². The molecule has 3 N–H and O–H groups in total. The van der Waals surface area contributed by atoms with Crippen LogP contribution in [0.5, 0.6) is 0 Å². The Balaban J connectivity index is 2.84. The average molecular weight is 242 g/mol. The second-order valence-electron chi connectivity index (χ2n) is 3.75. The van der Waals surface area contributed by atoms with Crippen LogP contribution in [0.2, 0.25) is 0 Å². The normalized spacial score (nSPS) is 11.3. The quantitative estimate of drug-likeness (QED) is 0.639. The molecule has 0 fully saturated rings. The van der Waals surface area contributed by atoms with Crippen molar-refractivity contribution in [1.82, 2.24) is 10.3 Å². The lowest BCUT2D eigenvalue weighted by Gasteiger charge is -2.29. The molecule has 6 heteroatoms. The van der Waals surface area contributed by atoms with Crippen LogP contribution in [-0.2, 0) is 0 Å². The Kier molecular flexibility index (Phi) is 4.53. The zero-order valence-corrected chi connectivity index (χ0v) is 9.48. The minimum absolute atomic E-state index is 0.0928. The smallest absolute Gasteiger partial charge is 0.270 e. The number of carbonyl (C=O) groups is 1. The largest absolute Gasteiger partial charge is 0.394 e. The Morgan fingerprint density at radius 3 is 2.59 bits per heavy atom. The Hall–Kier alpha value is -1.53. The first-order chi connectivity index (χ1) is 8.06. The zero-order chi connectivity index (χ0) is 12.9. The zero-order valence-electron chi connectivity index (χ0n) is 9.48. The molecule has 1 heterocycles. The van der Waals surface area contributed by atoms with Gasteiger partial charge in [-0.25, -0.2) is 4.98 Å². The first kappa shape index (κ1) is 13.5. The number of pyridine rings is 1. The number of amides is 1. The number of rotatable bonds is 5. The monoisotopic (exact) mass is 242 g/mol. The van der Waals surface area contributed by atoms with Gasteiger partial charge in [0.2, 0.25) is 5.95 Å². The molecular weight excluding hydrogens is 227 g/mol. The van der Waals surface area contributed by atoms with Gasteiger partial charge in [-0.2, -0.15) is 4.39 Å². The maximum absolute atomic E-state index is 12.8. The van der Waals surface area contributed by atoms with Crippen molar-refractivity contribution in [3.63, 3.8) is 0 Å². The molecule has 0 radical (unpaired) electrons. The second-order valence-corrected chi connectivity index (χ2v) is 3.75. The number of aliphatic hydroxyl groups excluding tert-OH is 2. The molecule has 0 aromatic carbocycles. The topological polar surface area (TPSA) is 82.5 Å². The molecule has 0 aliphatic rings. The molecule has 0 spiro atoms. The van der Waals surface area contributed by atoms with E-state index in [1.165, 1.54) is 12.1 Å². The van der Waals surface area contributed by atoms with Gasteiger partial charge in [-0.05, 0) is 18.6 Å². The molecule has 1 rings (SSSR count). The first-order valence-corrected chi connectivity index (χ1v) is 5.23. The maximum atomic E-state index is 12.8. The minimum Gasteiger partial charge on any atom is -0.394 e. The van der Waals surface area contributed by atoms with Gasteiger partial charge in [-0.1, -0.05) is 13.0 Å². The average Bonchev–Trinajstić information content (AvgIpc) is 2.36. The summed E-state index contributed by atoms with van der Waals surface area (Å²) in [5.41, 5.74) is -1.20. The van der Waals surface area contributed by atoms with Gasteiger partial charge >= 0.3 is 0 Å². The summed E-state index contributed by atoms with van der Waals surface area (Å²) in [4.78, 5) is 15.1. The minimum atomic E-state index is -1.11. The van der Waals surface area contributed by atoms with Gasteiger partial charge in [-0.15, -0.1) is 0 Å². The molecule has 94 valence electrons. The third kappa shape index (κ3) is 3.21. The van der Waals surface area contributed by atoms with Gasteiger partial charge in [-0.3, -0.25) is 4.79 Å². The van der Waals surface area contributed by atoms with Gasteiger partial charge < -0.3 is 15.5 Å². The van der Waals surface area contributed by atoms with Crippen molar-refractivity contribution in [2.75, 3.05) is 13.2 Å². The number of hydrogen-bond acceptors (Lipinski definition) is 4. The summed E-state index contributed by atoms with van der Waals surface area (Å²) in [6.45, 7) is 0.911. The first-order valence-electron chi connectivity index (χ1n) is 5.23. The lowest BCUT2D eigenvalue weighted by molar-refractivity contribution is 0.0648. The van der Waals surface area contributed by atoms with Gasteiger partial charge in [0.25, 0.3) is 5.91 Å². The van der Waals surface area contributed by atoms with Gasteiger partial charge in [0, 0.05) is 0 Å². The van der Waals surface area contributed by atoms with E-state index in [4.69, 9.17) is 10.2 Å². The predicted octanol–water partition coefficient (Wildman–Crippen LogP) is 0.0839. The fourth-order valence-electron chi connectivity index (χ4n) is 1.28. The molecule has 0 unspecified atom stereocenters. The van der Waals surface area contributed by atoms with Crippen molar-refractivity contribution in [2.45, 2.75) is 18.9 Å². The van der Waals surface area contributed by atoms with E-state index in [9.17, 15) is 9.18 Å². The summed E-state index contributed by atoms with van der Waals surface area (Å²) in [6, 6.07) is 3.85. The van der Waals surface area contributed by atoms with E-state index in [0.29, 0.717) is 6.42 Å². The van der Waals surface area contributed by atoms with E-state index >= 15 is 0 Å². The van der Waals surface area contributed by atoms with E-state index in [0.717, 1.165) is 6.07 Å². The highest BCUT2D eigenvalue weighted by Gasteiger charge is 2.29. The summed E-state index contributed by atoms with van der Waals surface area (Å²) in [5.74, 6) is -1.39. The van der Waals surface area contributed by atoms with Crippen molar-refractivity contribution in [3.8, 4) is 0 Å². The highest BCUT2D eigenvalue weighted by atomic mass is 19.1. The fraction of sp³-hybridized carbons (Fsp3) is 0.455. The summed E-state index contributed by atoms with van der Waals surface area (Å²) < 4.78 is 12.8. The lowest BCUT2D eigenvalue weighted by Crippen LogP contribution is -2.54. The van der Waals surface area contributed by atoms with Crippen LogP contribution in [0.25, 0.3) is 0 Å². The molecule has 0 bridgehead atoms. The number of aliphatic hydroxyl groups is 2. The SMILES string of the molecule is CCC(CO)(CO)NC(=O)c1cccc(F)n1. The molecular formula is C11H15FN2O3. The fourth-order valence-corrected chi connectivity index (χ4v) is 1.28. The van der Waals surface area contributed by atoms with Crippen molar-refractivity contribution < 1.29 is 19.4 Å².